The van der Waals surface area contributed by atoms with E-state index in [-0.39, 0.29) is 0 Å². The molecule has 0 radical (unpaired) electrons. The largest absolute Gasteiger partial charge is 0.223 e. The number of halogens is 1. The first-order valence-electron chi connectivity index (χ1n) is 5.02. The molecular formula is C12H13ClN2. The van der Waals surface area contributed by atoms with Gasteiger partial charge in [0.2, 0.25) is 5.28 Å². The Morgan fingerprint density at radius 2 is 1.93 bits per heavy atom. The maximum Gasteiger partial charge on any atom is 0.223 e. The maximum atomic E-state index is 5.90. The predicted molar refractivity (Wildman–Crippen MR) is 63.4 cm³/mol. The fourth-order valence-electron chi connectivity index (χ4n) is 1.78. The van der Waals surface area contributed by atoms with Crippen molar-refractivity contribution in [1.82, 2.24) is 9.97 Å². The second kappa shape index (κ2) is 3.78. The third-order valence-corrected chi connectivity index (χ3v) is 2.65. The zero-order valence-electron chi connectivity index (χ0n) is 9.08. The average Bonchev–Trinajstić information content (AvgIpc) is 2.16. The highest BCUT2D eigenvalue weighted by molar-refractivity contribution is 6.28. The van der Waals surface area contributed by atoms with Gasteiger partial charge in [0.15, 0.2) is 0 Å². The second-order valence-corrected chi connectivity index (χ2v) is 4.34. The van der Waals surface area contributed by atoms with Crippen molar-refractivity contribution in [3.63, 3.8) is 0 Å². The summed E-state index contributed by atoms with van der Waals surface area (Å²) in [6.07, 6.45) is 0. The van der Waals surface area contributed by atoms with Gasteiger partial charge in [-0.05, 0) is 36.1 Å². The van der Waals surface area contributed by atoms with Gasteiger partial charge in [-0.3, -0.25) is 0 Å². The average molecular weight is 221 g/mol. The van der Waals surface area contributed by atoms with Crippen LogP contribution in [0.1, 0.15) is 31.0 Å². The lowest BCUT2D eigenvalue weighted by Crippen LogP contribution is -1.98. The molecule has 15 heavy (non-hydrogen) atoms. The van der Waals surface area contributed by atoms with Crippen molar-refractivity contribution < 1.29 is 0 Å². The molecule has 78 valence electrons. The summed E-state index contributed by atoms with van der Waals surface area (Å²) in [5.41, 5.74) is 3.16. The predicted octanol–water partition coefficient (Wildman–Crippen LogP) is 3.72. The summed E-state index contributed by atoms with van der Waals surface area (Å²) in [6, 6.07) is 6.04. The first kappa shape index (κ1) is 10.4. The number of hydrogen-bond acceptors (Lipinski definition) is 2. The molecule has 2 aromatic rings. The zero-order valence-corrected chi connectivity index (χ0v) is 9.84. The van der Waals surface area contributed by atoms with Crippen LogP contribution in [0.15, 0.2) is 18.2 Å². The van der Waals surface area contributed by atoms with E-state index in [4.69, 9.17) is 11.6 Å². The Morgan fingerprint density at radius 1 is 1.20 bits per heavy atom. The summed E-state index contributed by atoms with van der Waals surface area (Å²) in [5.74, 6) is 0.356. The number of aromatic nitrogens is 2. The molecule has 0 bridgehead atoms. The molecule has 0 aliphatic heterocycles. The van der Waals surface area contributed by atoms with Crippen molar-refractivity contribution in [1.29, 1.82) is 0 Å². The van der Waals surface area contributed by atoms with Crippen LogP contribution in [0.25, 0.3) is 10.9 Å². The molecule has 1 heterocycles. The Morgan fingerprint density at radius 3 is 2.60 bits per heavy atom. The fraction of sp³-hybridized carbons (Fsp3) is 0.333. The third kappa shape index (κ3) is 1.82. The Labute approximate surface area is 94.3 Å². The van der Waals surface area contributed by atoms with E-state index in [9.17, 15) is 0 Å². The van der Waals surface area contributed by atoms with Crippen LogP contribution in [0, 0.1) is 6.92 Å². The van der Waals surface area contributed by atoms with Crippen molar-refractivity contribution >= 4 is 22.5 Å². The SMILES string of the molecule is Cc1cccc2nc(Cl)nc(C(C)C)c12. The van der Waals surface area contributed by atoms with E-state index in [1.807, 2.05) is 12.1 Å². The molecule has 1 aromatic carbocycles. The molecule has 0 saturated carbocycles. The highest BCUT2D eigenvalue weighted by Crippen LogP contribution is 2.26. The molecule has 1 aromatic heterocycles. The van der Waals surface area contributed by atoms with Crippen LogP contribution in [-0.4, -0.2) is 9.97 Å². The zero-order chi connectivity index (χ0) is 11.0. The van der Waals surface area contributed by atoms with E-state index in [1.165, 1.54) is 5.56 Å². The summed E-state index contributed by atoms with van der Waals surface area (Å²) in [6.45, 7) is 6.31. The van der Waals surface area contributed by atoms with Gasteiger partial charge < -0.3 is 0 Å². The Kier molecular flexibility index (Phi) is 2.61. The van der Waals surface area contributed by atoms with Gasteiger partial charge in [0.1, 0.15) is 0 Å². The Bertz CT molecular complexity index is 506. The van der Waals surface area contributed by atoms with E-state index in [0.717, 1.165) is 16.6 Å². The van der Waals surface area contributed by atoms with Crippen LogP contribution < -0.4 is 0 Å². The molecule has 2 nitrogen and oxygen atoms in total. The first-order valence-corrected chi connectivity index (χ1v) is 5.40. The summed E-state index contributed by atoms with van der Waals surface area (Å²) < 4.78 is 0. The minimum atomic E-state index is 0.330. The first-order chi connectivity index (χ1) is 7.09. The van der Waals surface area contributed by atoms with E-state index in [1.54, 1.807) is 0 Å². The van der Waals surface area contributed by atoms with Crippen molar-refractivity contribution in [2.45, 2.75) is 26.7 Å². The third-order valence-electron chi connectivity index (χ3n) is 2.48. The lowest BCUT2D eigenvalue weighted by Gasteiger charge is -2.10. The highest BCUT2D eigenvalue weighted by atomic mass is 35.5. The molecule has 0 spiro atoms. The van der Waals surface area contributed by atoms with Gasteiger partial charge in [-0.1, -0.05) is 26.0 Å². The van der Waals surface area contributed by atoms with Crippen LogP contribution in [0.2, 0.25) is 5.28 Å². The number of fused-ring (bicyclic) bond motifs is 1. The minimum absolute atomic E-state index is 0.330. The molecule has 0 aliphatic rings. The van der Waals surface area contributed by atoms with Crippen molar-refractivity contribution in [3.05, 3.63) is 34.7 Å². The van der Waals surface area contributed by atoms with Crippen LogP contribution in [0.3, 0.4) is 0 Å². The molecule has 3 heteroatoms. The van der Waals surface area contributed by atoms with Gasteiger partial charge in [-0.25, -0.2) is 9.97 Å². The monoisotopic (exact) mass is 220 g/mol. The van der Waals surface area contributed by atoms with Crippen LogP contribution in [0.5, 0.6) is 0 Å². The Hall–Kier alpha value is -1.15. The molecule has 0 aliphatic carbocycles. The summed E-state index contributed by atoms with van der Waals surface area (Å²) >= 11 is 5.90. The molecule has 0 fully saturated rings. The molecule has 0 amide bonds. The molecule has 0 unspecified atom stereocenters. The molecule has 0 atom stereocenters. The quantitative estimate of drug-likeness (QED) is 0.685. The Balaban J connectivity index is 2.88. The van der Waals surface area contributed by atoms with E-state index < -0.39 is 0 Å². The van der Waals surface area contributed by atoms with Crippen molar-refractivity contribution in [2.75, 3.05) is 0 Å². The number of hydrogen-bond donors (Lipinski definition) is 0. The van der Waals surface area contributed by atoms with Crippen LogP contribution in [0.4, 0.5) is 0 Å². The molecular weight excluding hydrogens is 208 g/mol. The van der Waals surface area contributed by atoms with Crippen molar-refractivity contribution in [2.24, 2.45) is 0 Å². The van der Waals surface area contributed by atoms with Gasteiger partial charge in [0.05, 0.1) is 11.2 Å². The van der Waals surface area contributed by atoms with Gasteiger partial charge in [0.25, 0.3) is 0 Å². The highest BCUT2D eigenvalue weighted by Gasteiger charge is 2.11. The number of aryl methyl sites for hydroxylation is 1. The standard InChI is InChI=1S/C12H13ClN2/c1-7(2)11-10-8(3)5-4-6-9(10)14-12(13)15-11/h4-7H,1-3H3. The summed E-state index contributed by atoms with van der Waals surface area (Å²) in [4.78, 5) is 8.55. The minimum Gasteiger partial charge on any atom is -0.222 e. The fourth-order valence-corrected chi connectivity index (χ4v) is 1.96. The van der Waals surface area contributed by atoms with Gasteiger partial charge in [-0.15, -0.1) is 0 Å². The summed E-state index contributed by atoms with van der Waals surface area (Å²) in [5, 5.41) is 1.47. The van der Waals surface area contributed by atoms with E-state index in [0.29, 0.717) is 11.2 Å². The topological polar surface area (TPSA) is 25.8 Å². The smallest absolute Gasteiger partial charge is 0.222 e. The van der Waals surface area contributed by atoms with Gasteiger partial charge in [-0.2, -0.15) is 0 Å². The molecule has 0 N–H and O–H groups in total. The van der Waals surface area contributed by atoms with Crippen molar-refractivity contribution in [3.8, 4) is 0 Å². The maximum absolute atomic E-state index is 5.90. The lowest BCUT2D eigenvalue weighted by molar-refractivity contribution is 0.828. The lowest BCUT2D eigenvalue weighted by atomic mass is 10.0. The molecule has 2 rings (SSSR count). The molecule has 0 saturated heterocycles. The van der Waals surface area contributed by atoms with Gasteiger partial charge in [0, 0.05) is 5.39 Å². The number of benzene rings is 1. The summed E-state index contributed by atoms with van der Waals surface area (Å²) in [7, 11) is 0. The van der Waals surface area contributed by atoms with Gasteiger partial charge >= 0.3 is 0 Å². The van der Waals surface area contributed by atoms with E-state index >= 15 is 0 Å². The van der Waals surface area contributed by atoms with E-state index in [2.05, 4.69) is 36.8 Å². The number of rotatable bonds is 1. The second-order valence-electron chi connectivity index (χ2n) is 4.00. The normalized spacial score (nSPS) is 11.3. The van der Waals surface area contributed by atoms with Crippen LogP contribution >= 0.6 is 11.6 Å². The van der Waals surface area contributed by atoms with Crippen LogP contribution in [-0.2, 0) is 0 Å². The number of nitrogens with zero attached hydrogens (tertiary/aromatic N) is 2.